The minimum Gasteiger partial charge on any atom is -0.381 e. The quantitative estimate of drug-likeness (QED) is 0.501. The van der Waals surface area contributed by atoms with Crippen LogP contribution in [-0.2, 0) is 13.0 Å². The highest BCUT2D eigenvalue weighted by Gasteiger charge is 2.35. The number of nitrogens with one attached hydrogen (secondary N) is 1. The van der Waals surface area contributed by atoms with E-state index in [0.717, 1.165) is 50.8 Å². The zero-order chi connectivity index (χ0) is 26.0. The first kappa shape index (κ1) is 24.9. The second-order valence-electron chi connectivity index (χ2n) is 10.6. The summed E-state index contributed by atoms with van der Waals surface area (Å²) in [5, 5.41) is 7.41. The van der Waals surface area contributed by atoms with Crippen molar-refractivity contribution >= 4 is 11.7 Å². The number of aryl methyl sites for hydroxylation is 1. The van der Waals surface area contributed by atoms with E-state index >= 15 is 0 Å². The Hall–Kier alpha value is -3.77. The van der Waals surface area contributed by atoms with Crippen LogP contribution < -0.4 is 11.1 Å². The molecule has 37 heavy (non-hydrogen) atoms. The number of anilines is 1. The number of likely N-dealkylation sites (N-methyl/N-ethyl adjacent to an activating group) is 1. The van der Waals surface area contributed by atoms with E-state index in [-0.39, 0.29) is 17.1 Å². The second kappa shape index (κ2) is 10.3. The number of rotatable bonds is 6. The predicted octanol–water partition coefficient (Wildman–Crippen LogP) is 3.81. The lowest BCUT2D eigenvalue weighted by Gasteiger charge is -2.32. The summed E-state index contributed by atoms with van der Waals surface area (Å²) < 4.78 is 1.51. The molecule has 2 aromatic heterocycles. The highest BCUT2D eigenvalue weighted by Crippen LogP contribution is 2.36. The topological polar surface area (TPSA) is 106 Å². The number of nitrogen functional groups attached to an aromatic ring is 1. The highest BCUT2D eigenvalue weighted by atomic mass is 16.1. The van der Waals surface area contributed by atoms with Crippen molar-refractivity contribution in [1.82, 2.24) is 30.0 Å². The molecule has 1 fully saturated rings. The van der Waals surface area contributed by atoms with Crippen LogP contribution in [0.1, 0.15) is 59.2 Å². The third kappa shape index (κ3) is 5.20. The van der Waals surface area contributed by atoms with Gasteiger partial charge in [0.05, 0.1) is 29.1 Å². The first-order chi connectivity index (χ1) is 17.9. The van der Waals surface area contributed by atoms with E-state index in [0.29, 0.717) is 30.2 Å². The Morgan fingerprint density at radius 3 is 2.84 bits per heavy atom. The monoisotopic (exact) mass is 498 g/mol. The number of carbonyl (C=O) groups is 1. The van der Waals surface area contributed by atoms with Crippen LogP contribution in [-0.4, -0.2) is 57.2 Å². The van der Waals surface area contributed by atoms with E-state index in [2.05, 4.69) is 51.2 Å². The molecule has 3 N–H and O–H groups in total. The average molecular weight is 499 g/mol. The van der Waals surface area contributed by atoms with Crippen molar-refractivity contribution in [2.75, 3.05) is 32.4 Å². The second-order valence-corrected chi connectivity index (χ2v) is 10.6. The summed E-state index contributed by atoms with van der Waals surface area (Å²) in [4.78, 5) is 28.1. The van der Waals surface area contributed by atoms with Crippen molar-refractivity contribution in [3.63, 3.8) is 0 Å². The number of carbonyl (C=O) groups excluding carboxylic acids is 1. The minimum absolute atomic E-state index is 0.127. The predicted molar refractivity (Wildman–Crippen MR) is 143 cm³/mol. The van der Waals surface area contributed by atoms with Crippen molar-refractivity contribution < 1.29 is 4.79 Å². The Morgan fingerprint density at radius 2 is 2.05 bits per heavy atom. The fraction of sp³-hybridized carbons (Fsp3) is 0.464. The molecule has 5 rings (SSSR count). The standard InChI is InChI=1S/C28H34N8O/c1-19-11-20(12-21-15-35(3)10-7-23(19)21)24-14-31-25(29)26(34-24)36-16-22(13-33-36)27(37)32-18-28(17-30-2)8-5-4-6-9-28/h11-14,16H,4-10,15,17-18H2,1,3H3,(H2,29,31)(H,32,37). The van der Waals surface area contributed by atoms with Gasteiger partial charge in [-0.25, -0.2) is 21.2 Å². The van der Waals surface area contributed by atoms with Gasteiger partial charge >= 0.3 is 0 Å². The van der Waals surface area contributed by atoms with E-state index in [1.807, 2.05) is 0 Å². The number of fused-ring (bicyclic) bond motifs is 1. The number of aromatic nitrogens is 4. The van der Waals surface area contributed by atoms with Crippen LogP contribution in [0.5, 0.6) is 0 Å². The summed E-state index contributed by atoms with van der Waals surface area (Å²) in [6, 6.07) is 4.34. The summed E-state index contributed by atoms with van der Waals surface area (Å²) in [6.07, 6.45) is 11.3. The molecule has 0 unspecified atom stereocenters. The lowest BCUT2D eigenvalue weighted by Crippen LogP contribution is -2.40. The van der Waals surface area contributed by atoms with Crippen molar-refractivity contribution in [3.8, 4) is 17.1 Å². The van der Waals surface area contributed by atoms with Gasteiger partial charge in [-0.2, -0.15) is 5.10 Å². The van der Waals surface area contributed by atoms with Gasteiger partial charge in [0.15, 0.2) is 11.6 Å². The molecule has 0 atom stereocenters. The normalized spacial score (nSPS) is 17.1. The number of hydrogen-bond donors (Lipinski definition) is 2. The molecule has 1 aromatic carbocycles. The Bertz CT molecular complexity index is 1350. The lowest BCUT2D eigenvalue weighted by atomic mass is 9.74. The Morgan fingerprint density at radius 1 is 1.24 bits per heavy atom. The number of nitrogens with zero attached hydrogens (tertiary/aromatic N) is 6. The zero-order valence-corrected chi connectivity index (χ0v) is 21.6. The molecule has 2 aliphatic rings. The molecule has 3 aromatic rings. The summed E-state index contributed by atoms with van der Waals surface area (Å²) in [5.41, 5.74) is 12.2. The van der Waals surface area contributed by atoms with E-state index < -0.39 is 0 Å². The van der Waals surface area contributed by atoms with Crippen LogP contribution >= 0.6 is 0 Å². The fourth-order valence-electron chi connectivity index (χ4n) is 5.69. The van der Waals surface area contributed by atoms with Gasteiger partial charge in [-0.3, -0.25) is 4.79 Å². The molecule has 9 nitrogen and oxygen atoms in total. The maximum atomic E-state index is 12.9. The molecule has 9 heteroatoms. The summed E-state index contributed by atoms with van der Waals surface area (Å²) in [7, 11) is 2.14. The molecule has 0 radical (unpaired) electrons. The van der Waals surface area contributed by atoms with Gasteiger partial charge in [0.25, 0.3) is 5.91 Å². The van der Waals surface area contributed by atoms with Gasteiger partial charge < -0.3 is 20.8 Å². The molecule has 0 bridgehead atoms. The molecule has 1 aliphatic heterocycles. The van der Waals surface area contributed by atoms with Crippen molar-refractivity contribution in [2.24, 2.45) is 5.41 Å². The molecular weight excluding hydrogens is 464 g/mol. The molecular formula is C28H34N8O. The van der Waals surface area contributed by atoms with E-state index in [1.165, 1.54) is 34.0 Å². The minimum atomic E-state index is -0.210. The van der Waals surface area contributed by atoms with Gasteiger partial charge in [0.1, 0.15) is 0 Å². The average Bonchev–Trinajstić information content (AvgIpc) is 3.38. The van der Waals surface area contributed by atoms with E-state index in [1.54, 1.807) is 12.4 Å². The first-order valence-corrected chi connectivity index (χ1v) is 13.0. The van der Waals surface area contributed by atoms with E-state index in [9.17, 15) is 4.79 Å². The third-order valence-corrected chi connectivity index (χ3v) is 7.84. The van der Waals surface area contributed by atoms with Gasteiger partial charge in [0.2, 0.25) is 6.54 Å². The van der Waals surface area contributed by atoms with Gasteiger partial charge in [-0.1, -0.05) is 19.3 Å². The van der Waals surface area contributed by atoms with Gasteiger partial charge in [-0.05, 0) is 62.1 Å². The molecule has 1 saturated carbocycles. The fourth-order valence-corrected chi connectivity index (χ4v) is 5.69. The lowest BCUT2D eigenvalue weighted by molar-refractivity contribution is 0.0918. The van der Waals surface area contributed by atoms with Crippen molar-refractivity contribution in [1.29, 1.82) is 0 Å². The number of nitrogens with two attached hydrogens (primary N) is 1. The smallest absolute Gasteiger partial charge is 0.254 e. The van der Waals surface area contributed by atoms with Crippen LogP contribution in [0.15, 0.2) is 30.7 Å². The van der Waals surface area contributed by atoms with Crippen molar-refractivity contribution in [3.05, 3.63) is 64.4 Å². The van der Waals surface area contributed by atoms with Crippen LogP contribution in [0, 0.1) is 18.9 Å². The van der Waals surface area contributed by atoms with Crippen LogP contribution in [0.3, 0.4) is 0 Å². The number of hydrogen-bond acceptors (Lipinski definition) is 6. The maximum Gasteiger partial charge on any atom is 0.254 e. The summed E-state index contributed by atoms with van der Waals surface area (Å²) >= 11 is 0. The Balaban J connectivity index is 1.36. The summed E-state index contributed by atoms with van der Waals surface area (Å²) in [5.74, 6) is 0.422. The first-order valence-electron chi connectivity index (χ1n) is 13.0. The molecule has 3 heterocycles. The Kier molecular flexibility index (Phi) is 6.94. The van der Waals surface area contributed by atoms with Crippen molar-refractivity contribution in [2.45, 2.75) is 52.0 Å². The molecule has 0 spiro atoms. The molecule has 1 aliphatic carbocycles. The molecule has 192 valence electrons. The van der Waals surface area contributed by atoms with Crippen LogP contribution in [0.2, 0.25) is 0 Å². The Labute approximate surface area is 217 Å². The van der Waals surface area contributed by atoms with Gasteiger partial charge in [0, 0.05) is 31.4 Å². The zero-order valence-electron chi connectivity index (χ0n) is 21.6. The number of amides is 1. The summed E-state index contributed by atoms with van der Waals surface area (Å²) in [6.45, 7) is 12.4. The largest absolute Gasteiger partial charge is 0.381 e. The van der Waals surface area contributed by atoms with Crippen LogP contribution in [0.4, 0.5) is 5.82 Å². The molecule has 0 saturated heterocycles. The van der Waals surface area contributed by atoms with E-state index in [4.69, 9.17) is 17.3 Å². The molecule has 1 amide bonds. The van der Waals surface area contributed by atoms with Gasteiger partial charge in [-0.15, -0.1) is 0 Å². The highest BCUT2D eigenvalue weighted by molar-refractivity contribution is 5.93. The van der Waals surface area contributed by atoms with Crippen LogP contribution in [0.25, 0.3) is 21.9 Å². The third-order valence-electron chi connectivity index (χ3n) is 7.84. The SMILES string of the molecule is [C-]#[N+]CC1(CNC(=O)c2cnn(-c3nc(-c4cc(C)c5c(c4)CN(C)CC5)cnc3N)c2)CCCCC1. The number of benzene rings is 1. The maximum absolute atomic E-state index is 12.9.